The van der Waals surface area contributed by atoms with E-state index in [2.05, 4.69) is 5.32 Å². The third-order valence-electron chi connectivity index (χ3n) is 1.81. The Hall–Kier alpha value is -2.11. The minimum atomic E-state index is -1.46. The van der Waals surface area contributed by atoms with Crippen LogP contribution in [0.5, 0.6) is 0 Å². The minimum absolute atomic E-state index is 0.136. The predicted octanol–water partition coefficient (Wildman–Crippen LogP) is 2.48. The molecule has 0 heterocycles. The van der Waals surface area contributed by atoms with Gasteiger partial charge in [0, 0.05) is 0 Å². The van der Waals surface area contributed by atoms with Gasteiger partial charge in [0.1, 0.15) is 11.4 Å². The fourth-order valence-electron chi connectivity index (χ4n) is 1.20. The summed E-state index contributed by atoms with van der Waals surface area (Å²) in [6.45, 7) is 3.28. The molecule has 0 fully saturated rings. The largest absolute Gasteiger partial charge is 0.478 e. The van der Waals surface area contributed by atoms with Crippen LogP contribution in [0.2, 0.25) is 0 Å². The quantitative estimate of drug-likeness (QED) is 0.852. The SMILES string of the molecule is CC(C)OC(=O)Nc1cccc(F)c1C(=O)O. The van der Waals surface area contributed by atoms with E-state index in [9.17, 15) is 14.0 Å². The average Bonchev–Trinajstić information content (AvgIpc) is 2.15. The van der Waals surface area contributed by atoms with E-state index in [0.29, 0.717) is 0 Å². The van der Waals surface area contributed by atoms with E-state index in [1.54, 1.807) is 13.8 Å². The number of benzene rings is 1. The standard InChI is InChI=1S/C11H12FNO4/c1-6(2)17-11(16)13-8-5-3-4-7(12)9(8)10(14)15/h3-6H,1-2H3,(H,13,16)(H,14,15). The van der Waals surface area contributed by atoms with Gasteiger partial charge in [-0.1, -0.05) is 6.07 Å². The molecule has 0 aliphatic heterocycles. The highest BCUT2D eigenvalue weighted by atomic mass is 19.1. The molecular weight excluding hydrogens is 229 g/mol. The molecule has 0 aromatic heterocycles. The van der Waals surface area contributed by atoms with Gasteiger partial charge in [-0.05, 0) is 26.0 Å². The first-order chi connectivity index (χ1) is 7.91. The van der Waals surface area contributed by atoms with E-state index in [1.165, 1.54) is 12.1 Å². The average molecular weight is 241 g/mol. The van der Waals surface area contributed by atoms with Gasteiger partial charge in [-0.2, -0.15) is 0 Å². The number of ether oxygens (including phenoxy) is 1. The van der Waals surface area contributed by atoms with Crippen molar-refractivity contribution in [2.24, 2.45) is 0 Å². The number of carbonyl (C=O) groups is 2. The number of rotatable bonds is 3. The molecule has 0 bridgehead atoms. The van der Waals surface area contributed by atoms with Crippen molar-refractivity contribution in [3.05, 3.63) is 29.6 Å². The van der Waals surface area contributed by atoms with Crippen LogP contribution >= 0.6 is 0 Å². The summed E-state index contributed by atoms with van der Waals surface area (Å²) in [6, 6.07) is 3.59. The Morgan fingerprint density at radius 3 is 2.59 bits per heavy atom. The van der Waals surface area contributed by atoms with Crippen molar-refractivity contribution in [3.8, 4) is 0 Å². The Bertz CT molecular complexity index is 445. The van der Waals surface area contributed by atoms with Gasteiger partial charge in [0.25, 0.3) is 0 Å². The lowest BCUT2D eigenvalue weighted by molar-refractivity contribution is 0.0693. The molecule has 6 heteroatoms. The maximum Gasteiger partial charge on any atom is 0.411 e. The molecule has 0 unspecified atom stereocenters. The highest BCUT2D eigenvalue weighted by Gasteiger charge is 2.17. The molecule has 5 nitrogen and oxygen atoms in total. The zero-order chi connectivity index (χ0) is 13.0. The molecular formula is C11H12FNO4. The summed E-state index contributed by atoms with van der Waals surface area (Å²) in [7, 11) is 0. The van der Waals surface area contributed by atoms with Crippen molar-refractivity contribution in [1.29, 1.82) is 0 Å². The molecule has 17 heavy (non-hydrogen) atoms. The second kappa shape index (κ2) is 5.29. The van der Waals surface area contributed by atoms with Crippen LogP contribution in [0.4, 0.5) is 14.9 Å². The summed E-state index contributed by atoms with van der Waals surface area (Å²) in [6.07, 6.45) is -1.18. The molecule has 0 radical (unpaired) electrons. The first-order valence-corrected chi connectivity index (χ1v) is 4.91. The number of aromatic carboxylic acids is 1. The van der Waals surface area contributed by atoms with Crippen molar-refractivity contribution in [2.45, 2.75) is 20.0 Å². The summed E-state index contributed by atoms with van der Waals surface area (Å²) in [5, 5.41) is 11.0. The normalized spacial score (nSPS) is 10.1. The smallest absolute Gasteiger partial charge is 0.411 e. The van der Waals surface area contributed by atoms with E-state index in [1.807, 2.05) is 0 Å². The fraction of sp³-hybridized carbons (Fsp3) is 0.273. The highest BCUT2D eigenvalue weighted by molar-refractivity contribution is 5.98. The van der Waals surface area contributed by atoms with E-state index in [4.69, 9.17) is 9.84 Å². The molecule has 92 valence electrons. The number of carboxylic acids is 1. The molecule has 2 N–H and O–H groups in total. The van der Waals surface area contributed by atoms with Gasteiger partial charge in [-0.25, -0.2) is 14.0 Å². The molecule has 1 aromatic carbocycles. The maximum absolute atomic E-state index is 13.2. The molecule has 0 aliphatic carbocycles. The zero-order valence-corrected chi connectivity index (χ0v) is 9.36. The topological polar surface area (TPSA) is 75.6 Å². The third kappa shape index (κ3) is 3.44. The van der Waals surface area contributed by atoms with Crippen LogP contribution in [0.1, 0.15) is 24.2 Å². The molecule has 0 atom stereocenters. The number of halogens is 1. The molecule has 1 amide bonds. The van der Waals surface area contributed by atoms with E-state index in [-0.39, 0.29) is 11.8 Å². The van der Waals surface area contributed by atoms with Crippen LogP contribution in [0.25, 0.3) is 0 Å². The van der Waals surface area contributed by atoms with Crippen LogP contribution in [0.3, 0.4) is 0 Å². The summed E-state index contributed by atoms with van der Waals surface area (Å²) in [4.78, 5) is 22.1. The predicted molar refractivity (Wildman–Crippen MR) is 58.6 cm³/mol. The molecule has 1 rings (SSSR count). The number of nitrogens with one attached hydrogen (secondary N) is 1. The first-order valence-electron chi connectivity index (χ1n) is 4.91. The number of anilines is 1. The fourth-order valence-corrected chi connectivity index (χ4v) is 1.20. The summed E-state index contributed by atoms with van der Waals surface area (Å²) in [5.74, 6) is -2.37. The number of carboxylic acid groups (broad SMARTS) is 1. The second-order valence-electron chi connectivity index (χ2n) is 3.55. The molecule has 0 spiro atoms. The Balaban J connectivity index is 2.95. The van der Waals surface area contributed by atoms with E-state index >= 15 is 0 Å². The Morgan fingerprint density at radius 2 is 2.06 bits per heavy atom. The summed E-state index contributed by atoms with van der Waals surface area (Å²) >= 11 is 0. The van der Waals surface area contributed by atoms with Crippen LogP contribution in [0, 0.1) is 5.82 Å². The lowest BCUT2D eigenvalue weighted by Crippen LogP contribution is -2.20. The Morgan fingerprint density at radius 1 is 1.41 bits per heavy atom. The van der Waals surface area contributed by atoms with Crippen LogP contribution < -0.4 is 5.32 Å². The van der Waals surface area contributed by atoms with Gasteiger partial charge in [0.15, 0.2) is 0 Å². The number of hydrogen-bond donors (Lipinski definition) is 2. The summed E-state index contributed by atoms with van der Waals surface area (Å²) in [5.41, 5.74) is -0.726. The minimum Gasteiger partial charge on any atom is -0.478 e. The van der Waals surface area contributed by atoms with Crippen molar-refractivity contribution in [1.82, 2.24) is 0 Å². The maximum atomic E-state index is 13.2. The van der Waals surface area contributed by atoms with Gasteiger partial charge in [0.2, 0.25) is 0 Å². The van der Waals surface area contributed by atoms with Crippen LogP contribution in [-0.4, -0.2) is 23.3 Å². The Labute approximate surface area is 97.2 Å². The van der Waals surface area contributed by atoms with Crippen molar-refractivity contribution >= 4 is 17.7 Å². The first kappa shape index (κ1) is 13.0. The van der Waals surface area contributed by atoms with E-state index < -0.39 is 23.4 Å². The van der Waals surface area contributed by atoms with Gasteiger partial charge >= 0.3 is 12.1 Å². The molecule has 0 saturated carbocycles. The Kier molecular flexibility index (Phi) is 4.03. The summed E-state index contributed by atoms with van der Waals surface area (Å²) < 4.78 is 18.0. The van der Waals surface area contributed by atoms with Gasteiger partial charge in [-0.3, -0.25) is 5.32 Å². The van der Waals surface area contributed by atoms with Gasteiger partial charge < -0.3 is 9.84 Å². The molecule has 0 saturated heterocycles. The zero-order valence-electron chi connectivity index (χ0n) is 9.36. The van der Waals surface area contributed by atoms with Crippen molar-refractivity contribution < 1.29 is 23.8 Å². The van der Waals surface area contributed by atoms with Crippen molar-refractivity contribution in [2.75, 3.05) is 5.32 Å². The third-order valence-corrected chi connectivity index (χ3v) is 1.81. The van der Waals surface area contributed by atoms with Crippen molar-refractivity contribution in [3.63, 3.8) is 0 Å². The highest BCUT2D eigenvalue weighted by Crippen LogP contribution is 2.19. The van der Waals surface area contributed by atoms with Gasteiger partial charge in [0.05, 0.1) is 11.8 Å². The lowest BCUT2D eigenvalue weighted by atomic mass is 10.1. The van der Waals surface area contributed by atoms with Crippen LogP contribution in [-0.2, 0) is 4.74 Å². The van der Waals surface area contributed by atoms with E-state index in [0.717, 1.165) is 6.07 Å². The second-order valence-corrected chi connectivity index (χ2v) is 3.55. The molecule has 1 aromatic rings. The van der Waals surface area contributed by atoms with Crippen LogP contribution in [0.15, 0.2) is 18.2 Å². The molecule has 0 aliphatic rings. The number of amides is 1. The number of carbonyl (C=O) groups excluding carboxylic acids is 1. The number of hydrogen-bond acceptors (Lipinski definition) is 3. The lowest BCUT2D eigenvalue weighted by Gasteiger charge is -2.11. The van der Waals surface area contributed by atoms with Gasteiger partial charge in [-0.15, -0.1) is 0 Å². The monoisotopic (exact) mass is 241 g/mol.